The standard InChI is InChI=1S/C11H9NO5S/c1-16-9(13)5-3-6-7(12-4-5)11(15)18-8(6)10(14)17-2/h3-4,15H,1-2H3. The van der Waals surface area contributed by atoms with Gasteiger partial charge in [-0.1, -0.05) is 11.3 Å². The normalized spacial score (nSPS) is 10.3. The molecule has 0 fully saturated rings. The van der Waals surface area contributed by atoms with Gasteiger partial charge < -0.3 is 14.6 Å². The summed E-state index contributed by atoms with van der Waals surface area (Å²) in [4.78, 5) is 27.0. The SMILES string of the molecule is COC(=O)c1cnc2c(O)sc(C(=O)OC)c2c1. The van der Waals surface area contributed by atoms with Gasteiger partial charge in [-0.2, -0.15) is 0 Å². The van der Waals surface area contributed by atoms with Gasteiger partial charge in [0.15, 0.2) is 5.06 Å². The lowest BCUT2D eigenvalue weighted by Crippen LogP contribution is -2.03. The molecule has 0 atom stereocenters. The van der Waals surface area contributed by atoms with Gasteiger partial charge in [0.25, 0.3) is 0 Å². The number of aromatic nitrogens is 1. The minimum absolute atomic E-state index is 0.0955. The summed E-state index contributed by atoms with van der Waals surface area (Å²) in [6.07, 6.45) is 1.28. The molecule has 0 amide bonds. The number of pyridine rings is 1. The third-order valence-electron chi connectivity index (χ3n) is 2.33. The van der Waals surface area contributed by atoms with Crippen molar-refractivity contribution in [2.24, 2.45) is 0 Å². The molecular formula is C11H9NO5S. The Labute approximate surface area is 106 Å². The van der Waals surface area contributed by atoms with E-state index in [0.717, 1.165) is 11.3 Å². The minimum atomic E-state index is -0.589. The van der Waals surface area contributed by atoms with Gasteiger partial charge in [-0.3, -0.25) is 4.98 Å². The van der Waals surface area contributed by atoms with Gasteiger partial charge >= 0.3 is 11.9 Å². The van der Waals surface area contributed by atoms with Crippen LogP contribution in [0.1, 0.15) is 20.0 Å². The summed E-state index contributed by atoms with van der Waals surface area (Å²) >= 11 is 0.855. The number of carbonyl (C=O) groups is 2. The van der Waals surface area contributed by atoms with Crippen molar-refractivity contribution >= 4 is 34.2 Å². The van der Waals surface area contributed by atoms with Crippen LogP contribution in [-0.2, 0) is 9.47 Å². The number of rotatable bonds is 2. The summed E-state index contributed by atoms with van der Waals surface area (Å²) in [7, 11) is 2.49. The highest BCUT2D eigenvalue weighted by Gasteiger charge is 2.20. The largest absolute Gasteiger partial charge is 0.498 e. The first-order valence-corrected chi connectivity index (χ1v) is 5.68. The van der Waals surface area contributed by atoms with Gasteiger partial charge in [-0.15, -0.1) is 0 Å². The van der Waals surface area contributed by atoms with E-state index in [9.17, 15) is 14.7 Å². The Morgan fingerprint density at radius 3 is 2.56 bits per heavy atom. The van der Waals surface area contributed by atoms with Crippen LogP contribution in [0.2, 0.25) is 0 Å². The Hall–Kier alpha value is -2.15. The molecule has 18 heavy (non-hydrogen) atoms. The molecule has 2 rings (SSSR count). The van der Waals surface area contributed by atoms with Crippen molar-refractivity contribution in [1.82, 2.24) is 4.98 Å². The number of aromatic hydroxyl groups is 1. The van der Waals surface area contributed by atoms with E-state index >= 15 is 0 Å². The number of esters is 2. The Bertz CT molecular complexity index is 634. The van der Waals surface area contributed by atoms with E-state index in [1.165, 1.54) is 26.5 Å². The molecule has 0 saturated heterocycles. The molecule has 0 aliphatic rings. The van der Waals surface area contributed by atoms with Gasteiger partial charge in [0.1, 0.15) is 10.4 Å². The molecule has 0 aliphatic heterocycles. The minimum Gasteiger partial charge on any atom is -0.498 e. The Morgan fingerprint density at radius 1 is 1.28 bits per heavy atom. The zero-order valence-electron chi connectivity index (χ0n) is 9.59. The second kappa shape index (κ2) is 4.61. The zero-order chi connectivity index (χ0) is 13.3. The number of nitrogens with zero attached hydrogens (tertiary/aromatic N) is 1. The molecule has 7 heteroatoms. The van der Waals surface area contributed by atoms with Crippen LogP contribution >= 0.6 is 11.3 Å². The molecule has 0 unspecified atom stereocenters. The highest BCUT2D eigenvalue weighted by molar-refractivity contribution is 7.17. The fraction of sp³-hybridized carbons (Fsp3) is 0.182. The van der Waals surface area contributed by atoms with Crippen molar-refractivity contribution in [1.29, 1.82) is 0 Å². The smallest absolute Gasteiger partial charge is 0.348 e. The molecule has 0 bridgehead atoms. The highest BCUT2D eigenvalue weighted by Crippen LogP contribution is 2.36. The maximum Gasteiger partial charge on any atom is 0.348 e. The molecule has 0 radical (unpaired) electrons. The van der Waals surface area contributed by atoms with E-state index in [1.54, 1.807) is 0 Å². The fourth-order valence-corrected chi connectivity index (χ4v) is 2.37. The molecule has 2 aromatic heterocycles. The van der Waals surface area contributed by atoms with E-state index in [2.05, 4.69) is 14.5 Å². The Morgan fingerprint density at radius 2 is 1.94 bits per heavy atom. The Balaban J connectivity index is 2.66. The van der Waals surface area contributed by atoms with Crippen molar-refractivity contribution in [3.8, 4) is 5.06 Å². The third kappa shape index (κ3) is 1.88. The number of fused-ring (bicyclic) bond motifs is 1. The van der Waals surface area contributed by atoms with Crippen LogP contribution in [0.3, 0.4) is 0 Å². The molecule has 0 spiro atoms. The second-order valence-electron chi connectivity index (χ2n) is 3.34. The summed E-state index contributed by atoms with van der Waals surface area (Å²) in [5, 5.41) is 9.93. The van der Waals surface area contributed by atoms with Crippen LogP contribution in [-0.4, -0.2) is 36.2 Å². The number of thiophene rings is 1. The quantitative estimate of drug-likeness (QED) is 0.831. The van der Waals surface area contributed by atoms with E-state index in [0.29, 0.717) is 5.39 Å². The number of ether oxygens (including phenoxy) is 2. The fourth-order valence-electron chi connectivity index (χ4n) is 1.48. The van der Waals surface area contributed by atoms with Crippen LogP contribution in [0.5, 0.6) is 5.06 Å². The molecule has 2 aromatic rings. The molecule has 1 N–H and O–H groups in total. The molecular weight excluding hydrogens is 258 g/mol. The molecule has 0 saturated carbocycles. The third-order valence-corrected chi connectivity index (χ3v) is 3.30. The first kappa shape index (κ1) is 12.3. The summed E-state index contributed by atoms with van der Waals surface area (Å²) in [5.74, 6) is -1.15. The number of hydrogen-bond acceptors (Lipinski definition) is 7. The van der Waals surface area contributed by atoms with Crippen molar-refractivity contribution < 1.29 is 24.2 Å². The summed E-state index contributed by atoms with van der Waals surface area (Å²) in [5.41, 5.74) is 0.459. The van der Waals surface area contributed by atoms with Crippen molar-refractivity contribution in [2.45, 2.75) is 0 Å². The van der Waals surface area contributed by atoms with Crippen LogP contribution in [0, 0.1) is 0 Å². The van der Waals surface area contributed by atoms with Gasteiger partial charge in [-0.25, -0.2) is 9.59 Å². The predicted octanol–water partition coefficient (Wildman–Crippen LogP) is 1.58. The molecule has 94 valence electrons. The van der Waals surface area contributed by atoms with E-state index in [1.807, 2.05) is 0 Å². The van der Waals surface area contributed by atoms with E-state index in [-0.39, 0.29) is 21.0 Å². The average Bonchev–Trinajstić information content (AvgIpc) is 2.74. The summed E-state index contributed by atoms with van der Waals surface area (Å²) < 4.78 is 9.17. The molecule has 2 heterocycles. The van der Waals surface area contributed by atoms with Gasteiger partial charge in [0.05, 0.1) is 19.8 Å². The highest BCUT2D eigenvalue weighted by atomic mass is 32.1. The van der Waals surface area contributed by atoms with Crippen molar-refractivity contribution in [2.75, 3.05) is 14.2 Å². The lowest BCUT2D eigenvalue weighted by molar-refractivity contribution is 0.0592. The molecule has 6 nitrogen and oxygen atoms in total. The van der Waals surface area contributed by atoms with Gasteiger partial charge in [-0.05, 0) is 6.07 Å². The molecule has 0 aliphatic carbocycles. The van der Waals surface area contributed by atoms with Gasteiger partial charge in [0.2, 0.25) is 0 Å². The number of hydrogen-bond donors (Lipinski definition) is 1. The topological polar surface area (TPSA) is 85.7 Å². The van der Waals surface area contributed by atoms with Crippen LogP contribution in [0.15, 0.2) is 12.3 Å². The first-order chi connectivity index (χ1) is 8.58. The monoisotopic (exact) mass is 267 g/mol. The van der Waals surface area contributed by atoms with Crippen LogP contribution in [0.4, 0.5) is 0 Å². The van der Waals surface area contributed by atoms with Crippen molar-refractivity contribution in [3.63, 3.8) is 0 Å². The molecule has 0 aromatic carbocycles. The summed E-state index contributed by atoms with van der Waals surface area (Å²) in [6, 6.07) is 1.44. The predicted molar refractivity (Wildman–Crippen MR) is 64.0 cm³/mol. The maximum absolute atomic E-state index is 11.5. The zero-order valence-corrected chi connectivity index (χ0v) is 10.4. The summed E-state index contributed by atoms with van der Waals surface area (Å²) in [6.45, 7) is 0. The van der Waals surface area contributed by atoms with Crippen LogP contribution in [0.25, 0.3) is 10.9 Å². The second-order valence-corrected chi connectivity index (χ2v) is 4.34. The Kier molecular flexibility index (Phi) is 3.15. The number of methoxy groups -OCH3 is 2. The average molecular weight is 267 g/mol. The number of carbonyl (C=O) groups excluding carboxylic acids is 2. The van der Waals surface area contributed by atoms with Gasteiger partial charge in [0, 0.05) is 11.6 Å². The lowest BCUT2D eigenvalue weighted by Gasteiger charge is -2.00. The van der Waals surface area contributed by atoms with Crippen molar-refractivity contribution in [3.05, 3.63) is 22.7 Å². The maximum atomic E-state index is 11.5. The van der Waals surface area contributed by atoms with E-state index in [4.69, 9.17) is 0 Å². The first-order valence-electron chi connectivity index (χ1n) is 4.86. The van der Waals surface area contributed by atoms with E-state index < -0.39 is 11.9 Å². The lowest BCUT2D eigenvalue weighted by atomic mass is 10.2. The van der Waals surface area contributed by atoms with Crippen LogP contribution < -0.4 is 0 Å².